The third kappa shape index (κ3) is 3.39. The predicted molar refractivity (Wildman–Crippen MR) is 92.5 cm³/mol. The molecule has 2 fully saturated rings. The molecule has 4 heterocycles. The van der Waals surface area contributed by atoms with Gasteiger partial charge in [-0.05, 0) is 56.8 Å². The van der Waals surface area contributed by atoms with Crippen molar-refractivity contribution >= 4 is 5.82 Å². The molecule has 4 rings (SSSR count). The highest BCUT2D eigenvalue weighted by molar-refractivity contribution is 5.62. The Balaban J connectivity index is 1.43. The zero-order chi connectivity index (χ0) is 15.5. The molecule has 122 valence electrons. The second-order valence-electron chi connectivity index (χ2n) is 6.74. The van der Waals surface area contributed by atoms with Gasteiger partial charge in [-0.1, -0.05) is 0 Å². The SMILES string of the molecule is c1cc(N2CCCC2)ncc1-c1cnn(CC2CCNCC2)c1. The predicted octanol–water partition coefficient (Wildman–Crippen LogP) is 2.54. The number of hydrogen-bond donors (Lipinski definition) is 1. The van der Waals surface area contributed by atoms with Gasteiger partial charge in [-0.15, -0.1) is 0 Å². The van der Waals surface area contributed by atoms with Crippen LogP contribution in [0.25, 0.3) is 11.1 Å². The topological polar surface area (TPSA) is 46.0 Å². The number of piperidine rings is 1. The fourth-order valence-electron chi connectivity index (χ4n) is 3.63. The molecular formula is C18H25N5. The maximum absolute atomic E-state index is 4.64. The van der Waals surface area contributed by atoms with E-state index in [1.54, 1.807) is 0 Å². The first-order valence-electron chi connectivity index (χ1n) is 8.83. The van der Waals surface area contributed by atoms with Crippen LogP contribution >= 0.6 is 0 Å². The zero-order valence-corrected chi connectivity index (χ0v) is 13.6. The lowest BCUT2D eigenvalue weighted by atomic mass is 9.98. The molecule has 0 unspecified atom stereocenters. The second kappa shape index (κ2) is 6.71. The molecular weight excluding hydrogens is 286 g/mol. The summed E-state index contributed by atoms with van der Waals surface area (Å²) in [6.45, 7) is 5.59. The average Bonchev–Trinajstić information content (AvgIpc) is 3.28. The highest BCUT2D eigenvalue weighted by Crippen LogP contribution is 2.23. The Kier molecular flexibility index (Phi) is 4.28. The molecule has 2 aromatic rings. The Bertz CT molecular complexity index is 621. The number of aromatic nitrogens is 3. The van der Waals surface area contributed by atoms with E-state index in [9.17, 15) is 0 Å². The summed E-state index contributed by atoms with van der Waals surface area (Å²) in [6, 6.07) is 4.32. The van der Waals surface area contributed by atoms with Crippen LogP contribution in [0.5, 0.6) is 0 Å². The van der Waals surface area contributed by atoms with E-state index >= 15 is 0 Å². The summed E-state index contributed by atoms with van der Waals surface area (Å²) in [5.41, 5.74) is 2.32. The van der Waals surface area contributed by atoms with Crippen LogP contribution in [0.1, 0.15) is 25.7 Å². The first-order chi connectivity index (χ1) is 11.4. The Morgan fingerprint density at radius 3 is 2.61 bits per heavy atom. The lowest BCUT2D eigenvalue weighted by Crippen LogP contribution is -2.29. The van der Waals surface area contributed by atoms with Gasteiger partial charge >= 0.3 is 0 Å². The maximum Gasteiger partial charge on any atom is 0.128 e. The van der Waals surface area contributed by atoms with Gasteiger partial charge in [-0.3, -0.25) is 4.68 Å². The normalized spacial score (nSPS) is 19.4. The number of pyridine rings is 1. The lowest BCUT2D eigenvalue weighted by molar-refractivity contribution is 0.321. The van der Waals surface area contributed by atoms with Crippen LogP contribution in [0.15, 0.2) is 30.7 Å². The number of anilines is 1. The minimum absolute atomic E-state index is 0.750. The third-order valence-electron chi connectivity index (χ3n) is 5.05. The van der Waals surface area contributed by atoms with E-state index in [1.165, 1.54) is 31.2 Å². The first kappa shape index (κ1) is 14.7. The van der Waals surface area contributed by atoms with Crippen molar-refractivity contribution in [1.82, 2.24) is 20.1 Å². The van der Waals surface area contributed by atoms with Crippen molar-refractivity contribution in [3.8, 4) is 11.1 Å². The zero-order valence-electron chi connectivity index (χ0n) is 13.6. The monoisotopic (exact) mass is 311 g/mol. The van der Waals surface area contributed by atoms with Crippen LogP contribution in [-0.2, 0) is 6.54 Å². The molecule has 0 aliphatic carbocycles. The summed E-state index contributed by atoms with van der Waals surface area (Å²) in [5.74, 6) is 1.85. The van der Waals surface area contributed by atoms with E-state index in [2.05, 4.69) is 43.3 Å². The van der Waals surface area contributed by atoms with Gasteiger partial charge in [0.25, 0.3) is 0 Å². The van der Waals surface area contributed by atoms with Crippen LogP contribution < -0.4 is 10.2 Å². The van der Waals surface area contributed by atoms with Gasteiger partial charge in [0.05, 0.1) is 6.20 Å². The van der Waals surface area contributed by atoms with E-state index in [-0.39, 0.29) is 0 Å². The van der Waals surface area contributed by atoms with Gasteiger partial charge in [0.2, 0.25) is 0 Å². The fourth-order valence-corrected chi connectivity index (χ4v) is 3.63. The van der Waals surface area contributed by atoms with Gasteiger partial charge in [0.15, 0.2) is 0 Å². The summed E-state index contributed by atoms with van der Waals surface area (Å²) in [4.78, 5) is 7.01. The average molecular weight is 311 g/mol. The number of nitrogens with zero attached hydrogens (tertiary/aromatic N) is 4. The van der Waals surface area contributed by atoms with Gasteiger partial charge in [-0.2, -0.15) is 5.10 Å². The molecule has 2 aliphatic rings. The fraction of sp³-hybridized carbons (Fsp3) is 0.556. The summed E-state index contributed by atoms with van der Waals surface area (Å²) in [5, 5.41) is 7.96. The number of rotatable bonds is 4. The minimum atomic E-state index is 0.750. The third-order valence-corrected chi connectivity index (χ3v) is 5.05. The van der Waals surface area contributed by atoms with E-state index in [0.29, 0.717) is 0 Å². The van der Waals surface area contributed by atoms with E-state index in [4.69, 9.17) is 0 Å². The number of nitrogens with one attached hydrogen (secondary N) is 1. The van der Waals surface area contributed by atoms with Crippen molar-refractivity contribution in [2.45, 2.75) is 32.2 Å². The van der Waals surface area contributed by atoms with E-state index < -0.39 is 0 Å². The molecule has 0 radical (unpaired) electrons. The molecule has 2 saturated heterocycles. The summed E-state index contributed by atoms with van der Waals surface area (Å²) >= 11 is 0. The van der Waals surface area contributed by atoms with Crippen LogP contribution in [-0.4, -0.2) is 40.9 Å². The summed E-state index contributed by atoms with van der Waals surface area (Å²) in [7, 11) is 0. The Morgan fingerprint density at radius 2 is 1.87 bits per heavy atom. The molecule has 2 aliphatic heterocycles. The summed E-state index contributed by atoms with van der Waals surface area (Å²) < 4.78 is 2.10. The molecule has 2 aromatic heterocycles. The molecule has 23 heavy (non-hydrogen) atoms. The van der Waals surface area contributed by atoms with Crippen LogP contribution in [0.4, 0.5) is 5.82 Å². The standard InChI is InChI=1S/C18H25N5/c1-2-10-22(9-1)18-4-3-16(11-20-18)17-12-21-23(14-17)13-15-5-7-19-8-6-15/h3-4,11-12,14-15,19H,1-2,5-10,13H2. The second-order valence-corrected chi connectivity index (χ2v) is 6.74. The van der Waals surface area contributed by atoms with Gasteiger partial charge in [0, 0.05) is 43.2 Å². The molecule has 5 nitrogen and oxygen atoms in total. The quantitative estimate of drug-likeness (QED) is 0.942. The minimum Gasteiger partial charge on any atom is -0.357 e. The van der Waals surface area contributed by atoms with Crippen molar-refractivity contribution in [3.63, 3.8) is 0 Å². The molecule has 0 saturated carbocycles. The van der Waals surface area contributed by atoms with Crippen molar-refractivity contribution in [2.24, 2.45) is 5.92 Å². The Morgan fingerprint density at radius 1 is 1.04 bits per heavy atom. The van der Waals surface area contributed by atoms with E-state index in [0.717, 1.165) is 50.0 Å². The van der Waals surface area contributed by atoms with Crippen molar-refractivity contribution in [1.29, 1.82) is 0 Å². The smallest absolute Gasteiger partial charge is 0.128 e. The largest absolute Gasteiger partial charge is 0.357 e. The van der Waals surface area contributed by atoms with Gasteiger partial charge in [0.1, 0.15) is 5.82 Å². The molecule has 1 N–H and O–H groups in total. The maximum atomic E-state index is 4.64. The first-order valence-corrected chi connectivity index (χ1v) is 8.83. The van der Waals surface area contributed by atoms with Crippen LogP contribution in [0.2, 0.25) is 0 Å². The van der Waals surface area contributed by atoms with Gasteiger partial charge in [-0.25, -0.2) is 4.98 Å². The van der Waals surface area contributed by atoms with Gasteiger partial charge < -0.3 is 10.2 Å². The lowest BCUT2D eigenvalue weighted by Gasteiger charge is -2.22. The van der Waals surface area contributed by atoms with Crippen molar-refractivity contribution < 1.29 is 0 Å². The molecule has 5 heteroatoms. The number of hydrogen-bond acceptors (Lipinski definition) is 4. The van der Waals surface area contributed by atoms with E-state index in [1.807, 2.05) is 12.4 Å². The molecule has 0 aromatic carbocycles. The van der Waals surface area contributed by atoms with Crippen molar-refractivity contribution in [3.05, 3.63) is 30.7 Å². The molecule has 0 spiro atoms. The van der Waals surface area contributed by atoms with Crippen LogP contribution in [0.3, 0.4) is 0 Å². The Labute approximate surface area is 137 Å². The Hall–Kier alpha value is -1.88. The van der Waals surface area contributed by atoms with Crippen LogP contribution in [0, 0.1) is 5.92 Å². The summed E-state index contributed by atoms with van der Waals surface area (Å²) in [6.07, 6.45) is 11.2. The molecule has 0 atom stereocenters. The van der Waals surface area contributed by atoms with Crippen molar-refractivity contribution in [2.75, 3.05) is 31.1 Å². The molecule has 0 amide bonds. The molecule has 0 bridgehead atoms. The highest BCUT2D eigenvalue weighted by atomic mass is 15.3. The highest BCUT2D eigenvalue weighted by Gasteiger charge is 2.15.